The monoisotopic (exact) mass is 472 g/mol. The molecule has 3 aromatic carbocycles. The number of anilines is 3. The standard InChI is InChI=1S/C24H20N2O5S.Na.H/c25-22-19(32(29,30)31)12-18(26-15-10-9-13-5-1-2-6-14(13)11-15)20-21(22)24(28)17-8-4-3-7-16(17)23(20)27;;/h3-4,7-12,26H,1-2,5-6,25H2,(H,29,30,31);;/q;+1;-1. The van der Waals surface area contributed by atoms with Gasteiger partial charge in [0.25, 0.3) is 10.1 Å². The van der Waals surface area contributed by atoms with Crippen molar-refractivity contribution in [3.05, 3.63) is 81.9 Å². The fourth-order valence-corrected chi connectivity index (χ4v) is 5.22. The van der Waals surface area contributed by atoms with E-state index in [2.05, 4.69) is 5.32 Å². The Morgan fingerprint density at radius 1 is 0.879 bits per heavy atom. The maximum absolute atomic E-state index is 13.4. The minimum absolute atomic E-state index is 0. The van der Waals surface area contributed by atoms with E-state index >= 15 is 0 Å². The van der Waals surface area contributed by atoms with E-state index in [1.54, 1.807) is 18.2 Å². The van der Waals surface area contributed by atoms with Crippen LogP contribution in [0.15, 0.2) is 53.4 Å². The summed E-state index contributed by atoms with van der Waals surface area (Å²) in [7, 11) is -4.74. The number of benzene rings is 3. The van der Waals surface area contributed by atoms with Crippen LogP contribution in [-0.2, 0) is 23.0 Å². The molecule has 4 N–H and O–H groups in total. The molecule has 9 heteroatoms. The van der Waals surface area contributed by atoms with Gasteiger partial charge in [-0.15, -0.1) is 0 Å². The van der Waals surface area contributed by atoms with Crippen LogP contribution < -0.4 is 40.6 Å². The Morgan fingerprint density at radius 3 is 2.12 bits per heavy atom. The largest absolute Gasteiger partial charge is 1.00 e. The van der Waals surface area contributed by atoms with Gasteiger partial charge in [-0.2, -0.15) is 8.42 Å². The molecule has 2 aliphatic carbocycles. The molecule has 33 heavy (non-hydrogen) atoms. The number of hydrogen-bond acceptors (Lipinski definition) is 6. The molecule has 0 unspecified atom stereocenters. The average molecular weight is 472 g/mol. The Bertz CT molecular complexity index is 1440. The maximum atomic E-state index is 13.4. The van der Waals surface area contributed by atoms with Crippen LogP contribution in [0.25, 0.3) is 0 Å². The summed E-state index contributed by atoms with van der Waals surface area (Å²) in [5.74, 6) is -1.00. The van der Waals surface area contributed by atoms with Crippen molar-refractivity contribution in [3.63, 3.8) is 0 Å². The van der Waals surface area contributed by atoms with Gasteiger partial charge in [-0.3, -0.25) is 14.1 Å². The molecule has 0 saturated heterocycles. The summed E-state index contributed by atoms with van der Waals surface area (Å²) >= 11 is 0. The summed E-state index contributed by atoms with van der Waals surface area (Å²) in [6, 6.07) is 13.2. The molecule has 0 heterocycles. The minimum atomic E-state index is -4.74. The van der Waals surface area contributed by atoms with Gasteiger partial charge in [0.15, 0.2) is 11.6 Å². The number of nitrogens with one attached hydrogen (secondary N) is 1. The van der Waals surface area contributed by atoms with Crippen LogP contribution in [0.3, 0.4) is 0 Å². The van der Waals surface area contributed by atoms with Crippen molar-refractivity contribution in [2.75, 3.05) is 11.1 Å². The van der Waals surface area contributed by atoms with E-state index in [0.717, 1.165) is 31.7 Å². The summed E-state index contributed by atoms with van der Waals surface area (Å²) < 4.78 is 33.8. The van der Waals surface area contributed by atoms with Crippen LogP contribution in [0.5, 0.6) is 0 Å². The molecule has 5 rings (SSSR count). The molecule has 0 amide bonds. The molecule has 0 atom stereocenters. The number of rotatable bonds is 3. The van der Waals surface area contributed by atoms with Crippen molar-refractivity contribution < 1.29 is 53.5 Å². The third-order valence-corrected chi connectivity index (χ3v) is 7.00. The fraction of sp³-hybridized carbons (Fsp3) is 0.167. The molecule has 0 bridgehead atoms. The van der Waals surface area contributed by atoms with E-state index in [1.165, 1.54) is 17.2 Å². The van der Waals surface area contributed by atoms with Crippen LogP contribution in [0, 0.1) is 0 Å². The summed E-state index contributed by atoms with van der Waals surface area (Å²) in [6.45, 7) is 0. The predicted molar refractivity (Wildman–Crippen MR) is 121 cm³/mol. The van der Waals surface area contributed by atoms with Gasteiger partial charge >= 0.3 is 29.6 Å². The molecule has 7 nitrogen and oxygen atoms in total. The molecule has 0 aromatic heterocycles. The number of nitrogens with two attached hydrogens (primary N) is 1. The number of nitrogen functional groups attached to an aromatic ring is 1. The first-order valence-corrected chi connectivity index (χ1v) is 11.7. The van der Waals surface area contributed by atoms with Gasteiger partial charge in [0.2, 0.25) is 0 Å². The quantitative estimate of drug-likeness (QED) is 0.231. The number of fused-ring (bicyclic) bond motifs is 3. The van der Waals surface area contributed by atoms with Gasteiger partial charge in [0.1, 0.15) is 4.90 Å². The van der Waals surface area contributed by atoms with Crippen molar-refractivity contribution in [2.45, 2.75) is 30.6 Å². The van der Waals surface area contributed by atoms with Crippen LogP contribution in [0.2, 0.25) is 0 Å². The van der Waals surface area contributed by atoms with Crippen LogP contribution in [-0.4, -0.2) is 24.5 Å². The zero-order valence-electron chi connectivity index (χ0n) is 19.0. The molecule has 0 spiro atoms. The number of aryl methyl sites for hydroxylation is 2. The smallest absolute Gasteiger partial charge is 1.00 e. The third kappa shape index (κ3) is 4.02. The summed E-state index contributed by atoms with van der Waals surface area (Å²) in [6.07, 6.45) is 4.17. The van der Waals surface area contributed by atoms with Gasteiger partial charge in [-0.1, -0.05) is 30.3 Å². The average Bonchev–Trinajstić information content (AvgIpc) is 2.77. The second-order valence-corrected chi connectivity index (χ2v) is 9.47. The molecule has 0 fully saturated rings. The molecular weight excluding hydrogens is 451 g/mol. The first kappa shape index (κ1) is 23.7. The van der Waals surface area contributed by atoms with E-state index in [9.17, 15) is 22.6 Å². The van der Waals surface area contributed by atoms with E-state index in [4.69, 9.17) is 5.73 Å². The van der Waals surface area contributed by atoms with Crippen LogP contribution in [0.1, 0.15) is 57.2 Å². The second kappa shape index (κ2) is 8.70. The van der Waals surface area contributed by atoms with Gasteiger partial charge in [-0.25, -0.2) is 0 Å². The predicted octanol–water partition coefficient (Wildman–Crippen LogP) is 1.03. The molecule has 0 saturated carbocycles. The van der Waals surface area contributed by atoms with Crippen molar-refractivity contribution >= 4 is 38.7 Å². The minimum Gasteiger partial charge on any atom is -1.00 e. The van der Waals surface area contributed by atoms with Crippen molar-refractivity contribution in [1.82, 2.24) is 0 Å². The number of ketones is 2. The molecule has 2 aliphatic rings. The van der Waals surface area contributed by atoms with Gasteiger partial charge in [-0.05, 0) is 55.0 Å². The zero-order chi connectivity index (χ0) is 22.6. The molecule has 3 aromatic rings. The molecule has 0 radical (unpaired) electrons. The third-order valence-electron chi connectivity index (χ3n) is 6.11. The van der Waals surface area contributed by atoms with E-state index < -0.39 is 32.3 Å². The van der Waals surface area contributed by atoms with Crippen LogP contribution in [0.4, 0.5) is 17.1 Å². The summed E-state index contributed by atoms with van der Waals surface area (Å²) in [4.78, 5) is 26.0. The summed E-state index contributed by atoms with van der Waals surface area (Å²) in [5, 5.41) is 3.10. The molecule has 164 valence electrons. The van der Waals surface area contributed by atoms with Crippen LogP contribution >= 0.6 is 0 Å². The molecular formula is C24H21N2NaO5S. The SMILES string of the molecule is Nc1c(S(=O)(=O)O)cc(Nc2ccc3c(c2)CCCC3)c2c1C(=O)c1ccccc1C2=O.[H-].[Na+]. The first-order valence-electron chi connectivity index (χ1n) is 10.3. The maximum Gasteiger partial charge on any atom is 1.00 e. The first-order chi connectivity index (χ1) is 15.3. The van der Waals surface area contributed by atoms with Gasteiger partial charge in [0, 0.05) is 16.8 Å². The van der Waals surface area contributed by atoms with E-state index in [-0.39, 0.29) is 58.9 Å². The molecule has 0 aliphatic heterocycles. The number of carbonyl (C=O) groups excluding carboxylic acids is 2. The number of hydrogen-bond donors (Lipinski definition) is 3. The second-order valence-electron chi connectivity index (χ2n) is 8.08. The van der Waals surface area contributed by atoms with E-state index in [1.807, 2.05) is 18.2 Å². The Hall–Kier alpha value is -2.49. The van der Waals surface area contributed by atoms with E-state index in [0.29, 0.717) is 5.69 Å². The Kier molecular flexibility index (Phi) is 6.24. The topological polar surface area (TPSA) is 127 Å². The number of carbonyl (C=O) groups is 2. The fourth-order valence-electron chi connectivity index (χ4n) is 4.57. The Morgan fingerprint density at radius 2 is 1.48 bits per heavy atom. The van der Waals surface area contributed by atoms with Crippen molar-refractivity contribution in [2.24, 2.45) is 0 Å². The summed E-state index contributed by atoms with van der Waals surface area (Å²) in [5.41, 5.74) is 8.92. The normalized spacial score (nSPS) is 14.6. The Balaban J connectivity index is 0.00000162. The van der Waals surface area contributed by atoms with Gasteiger partial charge < -0.3 is 12.5 Å². The zero-order valence-corrected chi connectivity index (χ0v) is 20.8. The van der Waals surface area contributed by atoms with Crippen molar-refractivity contribution in [3.8, 4) is 0 Å². The van der Waals surface area contributed by atoms with Crippen molar-refractivity contribution in [1.29, 1.82) is 0 Å². The Labute approximate surface area is 214 Å². The van der Waals surface area contributed by atoms with Gasteiger partial charge in [0.05, 0.1) is 22.5 Å².